The van der Waals surface area contributed by atoms with E-state index in [4.69, 9.17) is 0 Å². The van der Waals surface area contributed by atoms with Crippen molar-refractivity contribution in [1.82, 2.24) is 4.90 Å². The molecule has 24 heavy (non-hydrogen) atoms. The summed E-state index contributed by atoms with van der Waals surface area (Å²) in [4.78, 5) is 27.6. The van der Waals surface area contributed by atoms with Gasteiger partial charge in [-0.3, -0.25) is 14.5 Å². The van der Waals surface area contributed by atoms with Gasteiger partial charge in [-0.15, -0.1) is 0 Å². The molecule has 0 saturated carbocycles. The third kappa shape index (κ3) is 4.21. The molecule has 2 amide bonds. The average Bonchev–Trinajstić information content (AvgIpc) is 3.19. The monoisotopic (exact) mass is 343 g/mol. The fraction of sp³-hybridized carbons (Fsp3) is 0.333. The number of nitrogens with one attached hydrogen (secondary N) is 1. The maximum Gasteiger partial charge on any atom is 0.238 e. The van der Waals surface area contributed by atoms with Crippen molar-refractivity contribution < 1.29 is 9.59 Å². The first-order valence-electron chi connectivity index (χ1n) is 8.02. The molecule has 1 N–H and O–H groups in total. The van der Waals surface area contributed by atoms with Gasteiger partial charge in [-0.25, -0.2) is 0 Å². The first kappa shape index (κ1) is 16.7. The Morgan fingerprint density at radius 3 is 2.71 bits per heavy atom. The second-order valence-corrected chi connectivity index (χ2v) is 6.83. The van der Waals surface area contributed by atoms with Crippen LogP contribution in [0.25, 0.3) is 0 Å². The van der Waals surface area contributed by atoms with Crippen molar-refractivity contribution in [2.24, 2.45) is 0 Å². The minimum absolute atomic E-state index is 0.0438. The van der Waals surface area contributed by atoms with E-state index in [2.05, 4.69) is 16.8 Å². The molecule has 126 valence electrons. The number of carbonyl (C=O) groups excluding carboxylic acids is 2. The van der Waals surface area contributed by atoms with Gasteiger partial charge in [0, 0.05) is 30.9 Å². The van der Waals surface area contributed by atoms with Gasteiger partial charge in [0.05, 0.1) is 6.54 Å². The van der Waals surface area contributed by atoms with Gasteiger partial charge in [0.15, 0.2) is 0 Å². The van der Waals surface area contributed by atoms with Crippen molar-refractivity contribution in [3.8, 4) is 0 Å². The molecule has 1 aromatic carbocycles. The summed E-state index contributed by atoms with van der Waals surface area (Å²) >= 11 is 1.66. The Balaban J connectivity index is 1.51. The number of hydrogen-bond donors (Lipinski definition) is 1. The summed E-state index contributed by atoms with van der Waals surface area (Å²) in [5.41, 5.74) is 2.86. The highest BCUT2D eigenvalue weighted by molar-refractivity contribution is 7.07. The van der Waals surface area contributed by atoms with E-state index < -0.39 is 0 Å². The predicted molar refractivity (Wildman–Crippen MR) is 97.3 cm³/mol. The molecule has 1 fully saturated rings. The summed E-state index contributed by atoms with van der Waals surface area (Å²) in [7, 11) is 1.93. The molecule has 1 aliphatic rings. The fourth-order valence-corrected chi connectivity index (χ4v) is 3.50. The van der Waals surface area contributed by atoms with E-state index >= 15 is 0 Å². The Labute approximate surface area is 145 Å². The molecule has 2 aromatic rings. The number of hydrogen-bond acceptors (Lipinski definition) is 4. The largest absolute Gasteiger partial charge is 0.325 e. The van der Waals surface area contributed by atoms with Crippen molar-refractivity contribution in [3.05, 3.63) is 46.7 Å². The lowest BCUT2D eigenvalue weighted by Gasteiger charge is -2.17. The summed E-state index contributed by atoms with van der Waals surface area (Å²) < 4.78 is 0. The van der Waals surface area contributed by atoms with Gasteiger partial charge < -0.3 is 10.2 Å². The summed E-state index contributed by atoms with van der Waals surface area (Å²) in [5, 5.41) is 7.03. The van der Waals surface area contributed by atoms with E-state index in [1.165, 1.54) is 5.56 Å². The molecular weight excluding hydrogens is 322 g/mol. The maximum absolute atomic E-state index is 12.1. The second kappa shape index (κ2) is 7.59. The van der Waals surface area contributed by atoms with E-state index in [9.17, 15) is 9.59 Å². The van der Waals surface area contributed by atoms with Gasteiger partial charge in [-0.05, 0) is 60.1 Å². The van der Waals surface area contributed by atoms with Gasteiger partial charge >= 0.3 is 0 Å². The minimum atomic E-state index is -0.0438. The number of carbonyl (C=O) groups is 2. The number of thiophene rings is 1. The van der Waals surface area contributed by atoms with Crippen molar-refractivity contribution in [2.45, 2.75) is 19.4 Å². The van der Waals surface area contributed by atoms with Crippen LogP contribution in [0.15, 0.2) is 41.1 Å². The van der Waals surface area contributed by atoms with Crippen LogP contribution in [0.3, 0.4) is 0 Å². The quantitative estimate of drug-likeness (QED) is 0.877. The van der Waals surface area contributed by atoms with Crippen molar-refractivity contribution in [1.29, 1.82) is 0 Å². The zero-order chi connectivity index (χ0) is 16.9. The van der Waals surface area contributed by atoms with Gasteiger partial charge in [-0.2, -0.15) is 11.3 Å². The number of rotatable bonds is 6. The molecule has 3 rings (SSSR count). The van der Waals surface area contributed by atoms with E-state index in [0.717, 1.165) is 30.9 Å². The van der Waals surface area contributed by atoms with E-state index in [0.29, 0.717) is 13.0 Å². The SMILES string of the molecule is CN(CC(=O)Nc1ccc(N2CCCC2=O)cc1)Cc1ccsc1. The molecule has 0 aliphatic carbocycles. The van der Waals surface area contributed by atoms with Crippen LogP contribution in [-0.4, -0.2) is 36.9 Å². The van der Waals surface area contributed by atoms with Crippen LogP contribution in [0, 0.1) is 0 Å². The molecule has 0 spiro atoms. The molecule has 0 unspecified atom stereocenters. The third-order valence-corrected chi connectivity index (χ3v) is 4.71. The number of amides is 2. The highest BCUT2D eigenvalue weighted by Gasteiger charge is 2.21. The third-order valence-electron chi connectivity index (χ3n) is 3.98. The van der Waals surface area contributed by atoms with Gasteiger partial charge in [0.25, 0.3) is 0 Å². The molecular formula is C18H21N3O2S. The first-order valence-corrected chi connectivity index (χ1v) is 8.96. The molecule has 1 saturated heterocycles. The predicted octanol–water partition coefficient (Wildman–Crippen LogP) is 2.95. The first-order chi connectivity index (χ1) is 11.6. The van der Waals surface area contributed by atoms with Crippen molar-refractivity contribution in [2.75, 3.05) is 30.4 Å². The number of likely N-dealkylation sites (N-methyl/N-ethyl adjacent to an activating group) is 1. The van der Waals surface area contributed by atoms with Crippen LogP contribution in [0.2, 0.25) is 0 Å². The van der Waals surface area contributed by atoms with E-state index in [1.54, 1.807) is 16.2 Å². The van der Waals surface area contributed by atoms with Crippen molar-refractivity contribution in [3.63, 3.8) is 0 Å². The Bertz CT molecular complexity index is 698. The zero-order valence-electron chi connectivity index (χ0n) is 13.7. The van der Waals surface area contributed by atoms with Gasteiger partial charge in [-0.1, -0.05) is 0 Å². The molecule has 5 nitrogen and oxygen atoms in total. The van der Waals surface area contributed by atoms with Crippen LogP contribution in [0.5, 0.6) is 0 Å². The lowest BCUT2D eigenvalue weighted by molar-refractivity contribution is -0.117. The summed E-state index contributed by atoms with van der Waals surface area (Å²) in [6.07, 6.45) is 1.53. The van der Waals surface area contributed by atoms with E-state index in [1.807, 2.05) is 41.6 Å². The summed E-state index contributed by atoms with van der Waals surface area (Å²) in [5.74, 6) is 0.125. The number of anilines is 2. The molecule has 6 heteroatoms. The van der Waals surface area contributed by atoms with Crippen molar-refractivity contribution >= 4 is 34.5 Å². The Morgan fingerprint density at radius 2 is 2.08 bits per heavy atom. The lowest BCUT2D eigenvalue weighted by Crippen LogP contribution is -2.29. The highest BCUT2D eigenvalue weighted by atomic mass is 32.1. The maximum atomic E-state index is 12.1. The number of benzene rings is 1. The molecule has 0 radical (unpaired) electrons. The summed E-state index contributed by atoms with van der Waals surface area (Å²) in [6, 6.07) is 9.52. The minimum Gasteiger partial charge on any atom is -0.325 e. The topological polar surface area (TPSA) is 52.7 Å². The average molecular weight is 343 g/mol. The van der Waals surface area contributed by atoms with E-state index in [-0.39, 0.29) is 11.8 Å². The van der Waals surface area contributed by atoms with Crippen LogP contribution in [0.4, 0.5) is 11.4 Å². The molecule has 1 aromatic heterocycles. The molecule has 1 aliphatic heterocycles. The highest BCUT2D eigenvalue weighted by Crippen LogP contribution is 2.23. The van der Waals surface area contributed by atoms with Crippen LogP contribution < -0.4 is 10.2 Å². The second-order valence-electron chi connectivity index (χ2n) is 6.05. The lowest BCUT2D eigenvalue weighted by atomic mass is 10.2. The Morgan fingerprint density at radius 1 is 1.29 bits per heavy atom. The van der Waals surface area contributed by atoms with Gasteiger partial charge in [0.1, 0.15) is 0 Å². The smallest absolute Gasteiger partial charge is 0.238 e. The zero-order valence-corrected chi connectivity index (χ0v) is 14.5. The Hall–Kier alpha value is -2.18. The fourth-order valence-electron chi connectivity index (χ4n) is 2.84. The molecule has 0 bridgehead atoms. The molecule has 0 atom stereocenters. The van der Waals surface area contributed by atoms with Crippen LogP contribution >= 0.6 is 11.3 Å². The number of nitrogens with zero attached hydrogens (tertiary/aromatic N) is 2. The summed E-state index contributed by atoms with van der Waals surface area (Å²) in [6.45, 7) is 1.87. The van der Waals surface area contributed by atoms with Gasteiger partial charge in [0.2, 0.25) is 11.8 Å². The van der Waals surface area contributed by atoms with Crippen LogP contribution in [0.1, 0.15) is 18.4 Å². The molecule has 2 heterocycles. The standard InChI is InChI=1S/C18H21N3O2S/c1-20(11-14-8-10-24-13-14)12-17(22)19-15-4-6-16(7-5-15)21-9-2-3-18(21)23/h4-8,10,13H,2-3,9,11-12H2,1H3,(H,19,22). The Kier molecular flexibility index (Phi) is 5.27. The van der Waals surface area contributed by atoms with Crippen LogP contribution in [-0.2, 0) is 16.1 Å². The normalized spacial score (nSPS) is 14.4.